The zero-order valence-electron chi connectivity index (χ0n) is 15.1. The van der Waals surface area contributed by atoms with Gasteiger partial charge < -0.3 is 10.2 Å². The lowest BCUT2D eigenvalue weighted by atomic mass is 10.1. The van der Waals surface area contributed by atoms with Crippen molar-refractivity contribution < 1.29 is 15.0 Å². The van der Waals surface area contributed by atoms with Crippen molar-refractivity contribution in [1.82, 2.24) is 4.90 Å². The van der Waals surface area contributed by atoms with Crippen LogP contribution in [0.5, 0.6) is 0 Å². The van der Waals surface area contributed by atoms with Crippen molar-refractivity contribution in [2.45, 2.75) is 45.3 Å². The quantitative estimate of drug-likeness (QED) is 0.744. The summed E-state index contributed by atoms with van der Waals surface area (Å²) in [6.07, 6.45) is 3.35. The molecule has 1 fully saturated rings. The van der Waals surface area contributed by atoms with Crippen molar-refractivity contribution in [3.63, 3.8) is 0 Å². The van der Waals surface area contributed by atoms with Crippen LogP contribution in [-0.4, -0.2) is 46.3 Å². The molecule has 2 aromatic rings. The molecule has 140 valence electrons. The molecule has 0 aromatic carbocycles. The molecule has 0 unspecified atom stereocenters. The van der Waals surface area contributed by atoms with Gasteiger partial charge in [-0.1, -0.05) is 6.08 Å². The van der Waals surface area contributed by atoms with Crippen molar-refractivity contribution in [2.24, 2.45) is 0 Å². The molecule has 0 spiro atoms. The summed E-state index contributed by atoms with van der Waals surface area (Å²) < 4.78 is 0. The van der Waals surface area contributed by atoms with Crippen LogP contribution in [0.1, 0.15) is 40.1 Å². The van der Waals surface area contributed by atoms with Gasteiger partial charge in [-0.05, 0) is 60.7 Å². The van der Waals surface area contributed by atoms with Crippen molar-refractivity contribution in [3.8, 4) is 0 Å². The number of aliphatic carboxylic acids is 1. The zero-order valence-corrected chi connectivity index (χ0v) is 16.8. The topological polar surface area (TPSA) is 60.8 Å². The number of hydrogen-bond donors (Lipinski definition) is 2. The van der Waals surface area contributed by atoms with Gasteiger partial charge in [0.1, 0.15) is 0 Å². The number of aliphatic hydroxyl groups excluding tert-OH is 1. The Morgan fingerprint density at radius 2 is 1.85 bits per heavy atom. The van der Waals surface area contributed by atoms with E-state index in [0.29, 0.717) is 13.0 Å². The molecule has 0 amide bonds. The number of nitrogens with zero attached hydrogens (tertiary/aromatic N) is 1. The van der Waals surface area contributed by atoms with Gasteiger partial charge in [-0.2, -0.15) is 0 Å². The normalized spacial score (nSPS) is 20.4. The van der Waals surface area contributed by atoms with Crippen molar-refractivity contribution in [1.29, 1.82) is 0 Å². The summed E-state index contributed by atoms with van der Waals surface area (Å²) in [6.45, 7) is 5.62. The lowest BCUT2D eigenvalue weighted by Crippen LogP contribution is -2.32. The van der Waals surface area contributed by atoms with Crippen LogP contribution in [0.15, 0.2) is 29.0 Å². The van der Waals surface area contributed by atoms with E-state index in [0.717, 1.165) is 13.0 Å². The van der Waals surface area contributed by atoms with Gasteiger partial charge in [0.15, 0.2) is 0 Å². The maximum Gasteiger partial charge on any atom is 0.304 e. The number of β-amino-alcohol motifs (C(OH)–C–C–N with tert-alkyl or cyclic N) is 1. The minimum atomic E-state index is -0.797. The molecular formula is C20H25NO3S2. The number of hydrogen-bond acceptors (Lipinski definition) is 5. The largest absolute Gasteiger partial charge is 0.481 e. The van der Waals surface area contributed by atoms with Gasteiger partial charge in [0.25, 0.3) is 0 Å². The lowest BCUT2D eigenvalue weighted by Gasteiger charge is -2.22. The molecule has 1 aliphatic heterocycles. The van der Waals surface area contributed by atoms with Gasteiger partial charge in [-0.25, -0.2) is 0 Å². The van der Waals surface area contributed by atoms with Crippen LogP contribution >= 0.6 is 22.7 Å². The van der Waals surface area contributed by atoms with Crippen LogP contribution in [0.4, 0.5) is 0 Å². The number of aliphatic hydroxyl groups is 1. The van der Waals surface area contributed by atoms with Crippen molar-refractivity contribution >= 4 is 34.2 Å². The van der Waals surface area contributed by atoms with Gasteiger partial charge in [0.05, 0.1) is 12.5 Å². The van der Waals surface area contributed by atoms with E-state index in [1.807, 2.05) is 0 Å². The standard InChI is InChI=1S/C20H25NO3S2/c1-13-5-8-25-19(13)17(20-14(2)6-9-26-20)4-3-7-21-12-16(22)10-15(21)11-18(23)24/h4-6,8-9,15-16,22H,3,7,10-12H2,1-2H3,(H,23,24)/t15-,16+/m1/s1. The number of rotatable bonds is 7. The molecule has 3 rings (SSSR count). The monoisotopic (exact) mass is 391 g/mol. The van der Waals surface area contributed by atoms with Gasteiger partial charge in [-0.3, -0.25) is 9.69 Å². The third-order valence-electron chi connectivity index (χ3n) is 4.89. The van der Waals surface area contributed by atoms with Crippen LogP contribution in [0.2, 0.25) is 0 Å². The van der Waals surface area contributed by atoms with Crippen LogP contribution in [0.3, 0.4) is 0 Å². The molecule has 1 aliphatic rings. The highest BCUT2D eigenvalue weighted by Gasteiger charge is 2.31. The van der Waals surface area contributed by atoms with E-state index < -0.39 is 12.1 Å². The molecule has 2 N–H and O–H groups in total. The van der Waals surface area contributed by atoms with Gasteiger partial charge in [0, 0.05) is 34.5 Å². The van der Waals surface area contributed by atoms with Crippen LogP contribution < -0.4 is 0 Å². The molecule has 0 radical (unpaired) electrons. The van der Waals surface area contributed by atoms with Crippen LogP contribution in [0.25, 0.3) is 5.57 Å². The summed E-state index contributed by atoms with van der Waals surface area (Å²) in [5, 5.41) is 23.3. The smallest absolute Gasteiger partial charge is 0.304 e. The lowest BCUT2D eigenvalue weighted by molar-refractivity contribution is -0.138. The average molecular weight is 392 g/mol. The first-order valence-corrected chi connectivity index (χ1v) is 10.6. The first kappa shape index (κ1) is 19.3. The Hall–Kier alpha value is -1.47. The molecule has 1 saturated heterocycles. The van der Waals surface area contributed by atoms with E-state index in [2.05, 4.69) is 47.7 Å². The van der Waals surface area contributed by atoms with E-state index in [1.54, 1.807) is 22.7 Å². The van der Waals surface area contributed by atoms with Crippen molar-refractivity contribution in [2.75, 3.05) is 13.1 Å². The number of thiophene rings is 2. The van der Waals surface area contributed by atoms with Gasteiger partial charge in [0.2, 0.25) is 0 Å². The summed E-state index contributed by atoms with van der Waals surface area (Å²) in [4.78, 5) is 15.8. The number of likely N-dealkylation sites (tertiary alicyclic amines) is 1. The minimum absolute atomic E-state index is 0.0636. The fraction of sp³-hybridized carbons (Fsp3) is 0.450. The van der Waals surface area contributed by atoms with E-state index >= 15 is 0 Å². The second-order valence-electron chi connectivity index (χ2n) is 6.91. The maximum absolute atomic E-state index is 11.1. The number of carboxylic acids is 1. The second-order valence-corrected chi connectivity index (χ2v) is 8.74. The summed E-state index contributed by atoms with van der Waals surface area (Å²) in [7, 11) is 0. The van der Waals surface area contributed by atoms with Crippen molar-refractivity contribution in [3.05, 3.63) is 49.9 Å². The Labute approximate surface area is 162 Å². The molecule has 3 heterocycles. The Morgan fingerprint density at radius 1 is 1.23 bits per heavy atom. The van der Waals surface area contributed by atoms with Gasteiger partial charge >= 0.3 is 5.97 Å². The summed E-state index contributed by atoms with van der Waals surface area (Å²) >= 11 is 3.53. The molecule has 0 aliphatic carbocycles. The van der Waals surface area contributed by atoms with E-state index in [9.17, 15) is 9.90 Å². The number of carbonyl (C=O) groups is 1. The Kier molecular flexibility index (Phi) is 6.29. The molecule has 0 bridgehead atoms. The van der Waals surface area contributed by atoms with Gasteiger partial charge in [-0.15, -0.1) is 22.7 Å². The third kappa shape index (κ3) is 4.43. The molecule has 0 saturated carbocycles. The fourth-order valence-corrected chi connectivity index (χ4v) is 5.62. The Bertz CT molecular complexity index is 750. The summed E-state index contributed by atoms with van der Waals surface area (Å²) in [6, 6.07) is 4.23. The molecule has 26 heavy (non-hydrogen) atoms. The predicted molar refractivity (Wildman–Crippen MR) is 108 cm³/mol. The molecule has 6 heteroatoms. The second kappa shape index (κ2) is 8.48. The highest BCUT2D eigenvalue weighted by molar-refractivity contribution is 7.14. The Morgan fingerprint density at radius 3 is 2.35 bits per heavy atom. The average Bonchev–Trinajstić information content (AvgIpc) is 3.26. The highest BCUT2D eigenvalue weighted by atomic mass is 32.1. The van der Waals surface area contributed by atoms with Crippen LogP contribution in [0, 0.1) is 13.8 Å². The molecule has 4 nitrogen and oxygen atoms in total. The molecule has 2 aromatic heterocycles. The summed E-state index contributed by atoms with van der Waals surface area (Å²) in [5.41, 5.74) is 3.85. The predicted octanol–water partition coefficient (Wildman–Crippen LogP) is 4.16. The fourth-order valence-electron chi connectivity index (χ4n) is 3.61. The van der Waals surface area contributed by atoms with E-state index in [1.165, 1.54) is 26.5 Å². The Balaban J connectivity index is 1.76. The van der Waals surface area contributed by atoms with Crippen LogP contribution in [-0.2, 0) is 4.79 Å². The first-order chi connectivity index (χ1) is 12.5. The number of carboxylic acid groups (broad SMARTS) is 1. The molecular weight excluding hydrogens is 366 g/mol. The summed E-state index contributed by atoms with van der Waals surface area (Å²) in [5.74, 6) is -0.797. The minimum Gasteiger partial charge on any atom is -0.481 e. The third-order valence-corrected chi connectivity index (χ3v) is 6.99. The van der Waals surface area contributed by atoms with E-state index in [-0.39, 0.29) is 12.5 Å². The molecule has 2 atom stereocenters. The number of aryl methyl sites for hydroxylation is 2. The highest BCUT2D eigenvalue weighted by Crippen LogP contribution is 2.35. The zero-order chi connectivity index (χ0) is 18.7. The first-order valence-electron chi connectivity index (χ1n) is 8.88. The maximum atomic E-state index is 11.1. The van der Waals surface area contributed by atoms with E-state index in [4.69, 9.17) is 5.11 Å². The SMILES string of the molecule is Cc1ccsc1C(=CCCN1C[C@@H](O)C[C@@H]1CC(=O)O)c1sccc1C.